The molecule has 1 N–H and O–H groups in total. The molecule has 2 rings (SSSR count). The Morgan fingerprint density at radius 1 is 1.29 bits per heavy atom. The lowest BCUT2D eigenvalue weighted by molar-refractivity contribution is 0.588. The van der Waals surface area contributed by atoms with E-state index >= 15 is 0 Å². The highest BCUT2D eigenvalue weighted by Crippen LogP contribution is 2.16. The zero-order chi connectivity index (χ0) is 15.4. The number of nitrogens with one attached hydrogen (secondary N) is 1. The van der Waals surface area contributed by atoms with Gasteiger partial charge in [0, 0.05) is 28.6 Å². The first-order valence-corrected chi connectivity index (χ1v) is 8.12. The van der Waals surface area contributed by atoms with Crippen LogP contribution in [-0.4, -0.2) is 27.4 Å². The first-order chi connectivity index (χ1) is 9.97. The number of pyridine rings is 1. The monoisotopic (exact) mass is 350 g/mol. The fraction of sp³-hybridized carbons (Fsp3) is 0.500. The van der Waals surface area contributed by atoms with Gasteiger partial charge in [-0.3, -0.25) is 9.67 Å². The molecule has 114 valence electrons. The minimum Gasteiger partial charge on any atom is -0.314 e. The molecule has 0 saturated carbocycles. The van der Waals surface area contributed by atoms with Crippen molar-refractivity contribution in [2.24, 2.45) is 0 Å². The van der Waals surface area contributed by atoms with Crippen LogP contribution in [0.4, 0.5) is 0 Å². The summed E-state index contributed by atoms with van der Waals surface area (Å²) >= 11 is 3.46. The van der Waals surface area contributed by atoms with Crippen LogP contribution in [0.3, 0.4) is 0 Å². The average molecular weight is 351 g/mol. The van der Waals surface area contributed by atoms with Gasteiger partial charge >= 0.3 is 0 Å². The second-order valence-electron chi connectivity index (χ2n) is 5.68. The molecule has 0 aliphatic rings. The predicted molar refractivity (Wildman–Crippen MR) is 89.6 cm³/mol. The third-order valence-electron chi connectivity index (χ3n) is 3.55. The third kappa shape index (κ3) is 4.38. The first-order valence-electron chi connectivity index (χ1n) is 7.33. The number of hydrogen-bond donors (Lipinski definition) is 1. The number of aryl methyl sites for hydroxylation is 1. The molecule has 0 bridgehead atoms. The van der Waals surface area contributed by atoms with Crippen molar-refractivity contribution in [1.29, 1.82) is 0 Å². The van der Waals surface area contributed by atoms with Crippen molar-refractivity contribution in [2.75, 3.05) is 6.54 Å². The zero-order valence-corrected chi connectivity index (χ0v) is 14.7. The van der Waals surface area contributed by atoms with Gasteiger partial charge in [-0.1, -0.05) is 13.8 Å². The van der Waals surface area contributed by atoms with E-state index < -0.39 is 0 Å². The molecule has 0 amide bonds. The van der Waals surface area contributed by atoms with Crippen LogP contribution < -0.4 is 5.32 Å². The van der Waals surface area contributed by atoms with Crippen LogP contribution in [0.5, 0.6) is 0 Å². The molecule has 0 fully saturated rings. The van der Waals surface area contributed by atoms with Crippen LogP contribution in [0, 0.1) is 13.8 Å². The highest BCUT2D eigenvalue weighted by atomic mass is 79.9. The molecule has 0 aromatic carbocycles. The van der Waals surface area contributed by atoms with Crippen LogP contribution in [0.1, 0.15) is 36.4 Å². The lowest BCUT2D eigenvalue weighted by Crippen LogP contribution is -2.25. The molecular weight excluding hydrogens is 328 g/mol. The van der Waals surface area contributed by atoms with Crippen LogP contribution in [-0.2, 0) is 13.0 Å². The molecule has 0 unspecified atom stereocenters. The molecule has 2 heterocycles. The van der Waals surface area contributed by atoms with Crippen LogP contribution >= 0.6 is 15.9 Å². The maximum absolute atomic E-state index is 4.68. The topological polar surface area (TPSA) is 42.7 Å². The van der Waals surface area contributed by atoms with Crippen molar-refractivity contribution >= 4 is 15.9 Å². The smallest absolute Gasteiger partial charge is 0.0678 e. The largest absolute Gasteiger partial charge is 0.314 e. The molecule has 2 aromatic heterocycles. The molecule has 4 nitrogen and oxygen atoms in total. The summed E-state index contributed by atoms with van der Waals surface area (Å²) < 4.78 is 3.08. The number of rotatable bonds is 6. The van der Waals surface area contributed by atoms with E-state index in [9.17, 15) is 0 Å². The summed E-state index contributed by atoms with van der Waals surface area (Å²) in [4.78, 5) is 4.21. The maximum atomic E-state index is 4.68. The van der Waals surface area contributed by atoms with E-state index in [0.717, 1.165) is 35.2 Å². The Hall–Kier alpha value is -1.20. The lowest BCUT2D eigenvalue weighted by Gasteiger charge is -2.09. The van der Waals surface area contributed by atoms with Crippen molar-refractivity contribution in [3.8, 4) is 0 Å². The molecule has 0 saturated heterocycles. The first kappa shape index (κ1) is 16.2. The highest BCUT2D eigenvalue weighted by Gasteiger charge is 2.11. The SMILES string of the molecule is Cc1nn(Cc2cncc(Br)c2)c(C)c1CCNC(C)C. The Morgan fingerprint density at radius 2 is 2.05 bits per heavy atom. The summed E-state index contributed by atoms with van der Waals surface area (Å²) in [6, 6.07) is 2.61. The number of nitrogens with zero attached hydrogens (tertiary/aromatic N) is 3. The highest BCUT2D eigenvalue weighted by molar-refractivity contribution is 9.10. The second kappa shape index (κ2) is 7.18. The maximum Gasteiger partial charge on any atom is 0.0678 e. The molecule has 2 aromatic rings. The second-order valence-corrected chi connectivity index (χ2v) is 6.59. The van der Waals surface area contributed by atoms with Gasteiger partial charge in [-0.2, -0.15) is 5.10 Å². The molecule has 0 atom stereocenters. The van der Waals surface area contributed by atoms with E-state index in [1.807, 2.05) is 6.20 Å². The third-order valence-corrected chi connectivity index (χ3v) is 3.99. The molecule has 0 spiro atoms. The van der Waals surface area contributed by atoms with Gasteiger partial charge in [0.05, 0.1) is 12.2 Å². The lowest BCUT2D eigenvalue weighted by atomic mass is 10.1. The fourth-order valence-corrected chi connectivity index (χ4v) is 2.86. The van der Waals surface area contributed by atoms with E-state index in [1.54, 1.807) is 6.20 Å². The minimum atomic E-state index is 0.522. The Kier molecular flexibility index (Phi) is 5.53. The van der Waals surface area contributed by atoms with E-state index in [2.05, 4.69) is 69.8 Å². The van der Waals surface area contributed by atoms with Crippen LogP contribution in [0.15, 0.2) is 22.9 Å². The van der Waals surface area contributed by atoms with Crippen molar-refractivity contribution in [2.45, 2.75) is 46.7 Å². The van der Waals surface area contributed by atoms with Gasteiger partial charge in [0.1, 0.15) is 0 Å². The molecule has 0 radical (unpaired) electrons. The van der Waals surface area contributed by atoms with Gasteiger partial charge in [0.2, 0.25) is 0 Å². The quantitative estimate of drug-likeness (QED) is 0.869. The van der Waals surface area contributed by atoms with Crippen molar-refractivity contribution in [3.63, 3.8) is 0 Å². The number of aromatic nitrogens is 3. The molecule has 5 heteroatoms. The molecule has 21 heavy (non-hydrogen) atoms. The average Bonchev–Trinajstić information content (AvgIpc) is 2.66. The van der Waals surface area contributed by atoms with Gasteiger partial charge < -0.3 is 5.32 Å². The van der Waals surface area contributed by atoms with E-state index in [0.29, 0.717) is 6.04 Å². The van der Waals surface area contributed by atoms with Gasteiger partial charge in [0.15, 0.2) is 0 Å². The Morgan fingerprint density at radius 3 is 2.71 bits per heavy atom. The van der Waals surface area contributed by atoms with Crippen molar-refractivity contribution < 1.29 is 0 Å². The van der Waals surface area contributed by atoms with Crippen molar-refractivity contribution in [3.05, 3.63) is 45.4 Å². The van der Waals surface area contributed by atoms with Crippen molar-refractivity contribution in [1.82, 2.24) is 20.1 Å². The molecule has 0 aliphatic heterocycles. The van der Waals surface area contributed by atoms with Gasteiger partial charge in [0.25, 0.3) is 0 Å². The predicted octanol–water partition coefficient (Wildman–Crippen LogP) is 3.25. The summed E-state index contributed by atoms with van der Waals surface area (Å²) in [5.41, 5.74) is 4.88. The van der Waals surface area contributed by atoms with Crippen LogP contribution in [0.2, 0.25) is 0 Å². The minimum absolute atomic E-state index is 0.522. The Balaban J connectivity index is 2.11. The summed E-state index contributed by atoms with van der Waals surface area (Å²) in [6.07, 6.45) is 4.71. The summed E-state index contributed by atoms with van der Waals surface area (Å²) in [5, 5.41) is 8.14. The fourth-order valence-electron chi connectivity index (χ4n) is 2.45. The Bertz CT molecular complexity index is 604. The van der Waals surface area contributed by atoms with Gasteiger partial charge in [-0.05, 0) is 59.9 Å². The van der Waals surface area contributed by atoms with Gasteiger partial charge in [-0.25, -0.2) is 0 Å². The van der Waals surface area contributed by atoms with E-state index in [1.165, 1.54) is 11.3 Å². The van der Waals surface area contributed by atoms with E-state index in [-0.39, 0.29) is 0 Å². The van der Waals surface area contributed by atoms with E-state index in [4.69, 9.17) is 0 Å². The molecular formula is C16H23BrN4. The standard InChI is InChI=1S/C16H23BrN4/c1-11(2)19-6-5-16-12(3)20-21(13(16)4)10-14-7-15(17)9-18-8-14/h7-9,11,19H,5-6,10H2,1-4H3. The Labute approximate surface area is 135 Å². The van der Waals surface area contributed by atoms with Gasteiger partial charge in [-0.15, -0.1) is 0 Å². The number of hydrogen-bond acceptors (Lipinski definition) is 3. The summed E-state index contributed by atoms with van der Waals surface area (Å²) in [5.74, 6) is 0. The normalized spacial score (nSPS) is 11.3. The number of halogens is 1. The van der Waals surface area contributed by atoms with Crippen LogP contribution in [0.25, 0.3) is 0 Å². The molecule has 0 aliphatic carbocycles. The summed E-state index contributed by atoms with van der Waals surface area (Å²) in [7, 11) is 0. The zero-order valence-electron chi connectivity index (χ0n) is 13.2. The summed E-state index contributed by atoms with van der Waals surface area (Å²) in [6.45, 7) is 10.3.